The molecule has 5 nitrogen and oxygen atoms in total. The fraction of sp³-hybridized carbons (Fsp3) is 0.875. The van der Waals surface area contributed by atoms with Gasteiger partial charge in [-0.3, -0.25) is 0 Å². The summed E-state index contributed by atoms with van der Waals surface area (Å²) in [5.74, 6) is 2.10. The first-order chi connectivity index (χ1) is 10.1. The van der Waals surface area contributed by atoms with Crippen molar-refractivity contribution in [3.05, 3.63) is 11.7 Å². The summed E-state index contributed by atoms with van der Waals surface area (Å²) in [6, 6.07) is 0.473. The van der Waals surface area contributed by atoms with Gasteiger partial charge in [0.25, 0.3) is 0 Å². The molecule has 1 aliphatic carbocycles. The van der Waals surface area contributed by atoms with Crippen LogP contribution in [0.2, 0.25) is 0 Å². The van der Waals surface area contributed by atoms with E-state index in [4.69, 9.17) is 9.26 Å². The highest BCUT2D eigenvalue weighted by atomic mass is 16.5. The Kier molecular flexibility index (Phi) is 5.76. The summed E-state index contributed by atoms with van der Waals surface area (Å²) in [4.78, 5) is 4.61. The van der Waals surface area contributed by atoms with Gasteiger partial charge in [0.05, 0.1) is 0 Å². The number of rotatable bonds is 7. The van der Waals surface area contributed by atoms with E-state index in [1.165, 1.54) is 12.8 Å². The van der Waals surface area contributed by atoms with E-state index in [1.54, 1.807) is 0 Å². The van der Waals surface area contributed by atoms with E-state index in [0.29, 0.717) is 24.5 Å². The van der Waals surface area contributed by atoms with Crippen LogP contribution in [0.4, 0.5) is 0 Å². The van der Waals surface area contributed by atoms with Crippen LogP contribution in [0, 0.1) is 5.92 Å². The molecule has 0 bridgehead atoms. The van der Waals surface area contributed by atoms with Crippen molar-refractivity contribution in [2.45, 2.75) is 71.4 Å². The summed E-state index contributed by atoms with van der Waals surface area (Å²) in [5.41, 5.74) is -0.334. The first-order valence-corrected chi connectivity index (χ1v) is 8.26. The molecule has 1 N–H and O–H groups in total. The first kappa shape index (κ1) is 16.4. The average Bonchev–Trinajstić information content (AvgIpc) is 2.88. The van der Waals surface area contributed by atoms with Gasteiger partial charge in [-0.2, -0.15) is 4.98 Å². The molecule has 0 amide bonds. The molecule has 2 rings (SSSR count). The third-order valence-corrected chi connectivity index (χ3v) is 4.14. The van der Waals surface area contributed by atoms with E-state index in [1.807, 2.05) is 6.92 Å². The van der Waals surface area contributed by atoms with Gasteiger partial charge in [0, 0.05) is 25.6 Å². The number of nitrogens with one attached hydrogen (secondary N) is 1. The quantitative estimate of drug-likeness (QED) is 0.837. The third kappa shape index (κ3) is 4.27. The summed E-state index contributed by atoms with van der Waals surface area (Å²) in [6.07, 6.45) is 5.18. The molecule has 1 saturated carbocycles. The molecule has 2 atom stereocenters. The molecule has 0 aliphatic heterocycles. The lowest BCUT2D eigenvalue weighted by atomic mass is 9.78. The van der Waals surface area contributed by atoms with Gasteiger partial charge in [0.15, 0.2) is 0 Å². The van der Waals surface area contributed by atoms with Gasteiger partial charge < -0.3 is 14.6 Å². The van der Waals surface area contributed by atoms with Gasteiger partial charge in [-0.05, 0) is 32.1 Å². The van der Waals surface area contributed by atoms with Crippen molar-refractivity contribution in [1.82, 2.24) is 15.5 Å². The van der Waals surface area contributed by atoms with Crippen LogP contribution in [0.15, 0.2) is 4.52 Å². The summed E-state index contributed by atoms with van der Waals surface area (Å²) in [7, 11) is 0. The maximum absolute atomic E-state index is 6.08. The zero-order valence-electron chi connectivity index (χ0n) is 13.8. The SMILES string of the molecule is CCOC1(c2noc(CCNC(C)C)n2)CCCC(C)C1. The first-order valence-electron chi connectivity index (χ1n) is 8.26. The van der Waals surface area contributed by atoms with Gasteiger partial charge in [0.2, 0.25) is 11.7 Å². The minimum atomic E-state index is -0.334. The highest BCUT2D eigenvalue weighted by Gasteiger charge is 2.41. The Bertz CT molecular complexity index is 429. The lowest BCUT2D eigenvalue weighted by Gasteiger charge is -2.37. The molecule has 1 fully saturated rings. The Morgan fingerprint density at radius 3 is 2.95 bits per heavy atom. The van der Waals surface area contributed by atoms with E-state index >= 15 is 0 Å². The molecule has 1 heterocycles. The van der Waals surface area contributed by atoms with Gasteiger partial charge in [0.1, 0.15) is 5.60 Å². The summed E-state index contributed by atoms with van der Waals surface area (Å²) in [6.45, 7) is 10.1. The monoisotopic (exact) mass is 295 g/mol. The molecule has 0 spiro atoms. The largest absolute Gasteiger partial charge is 0.367 e. The van der Waals surface area contributed by atoms with Gasteiger partial charge >= 0.3 is 0 Å². The van der Waals surface area contributed by atoms with Crippen LogP contribution in [0.1, 0.15) is 65.1 Å². The molecular formula is C16H29N3O2. The van der Waals surface area contributed by atoms with Crippen molar-refractivity contribution in [1.29, 1.82) is 0 Å². The number of aromatic nitrogens is 2. The molecule has 0 saturated heterocycles. The minimum absolute atomic E-state index is 0.334. The predicted octanol–water partition coefficient (Wildman–Crippen LogP) is 3.05. The van der Waals surface area contributed by atoms with Crippen LogP contribution in [0.3, 0.4) is 0 Å². The van der Waals surface area contributed by atoms with Crippen molar-refractivity contribution in [3.63, 3.8) is 0 Å². The molecule has 1 aromatic rings. The minimum Gasteiger partial charge on any atom is -0.367 e. The highest BCUT2D eigenvalue weighted by molar-refractivity contribution is 5.04. The number of nitrogens with zero attached hydrogens (tertiary/aromatic N) is 2. The van der Waals surface area contributed by atoms with Gasteiger partial charge in [-0.15, -0.1) is 0 Å². The fourth-order valence-corrected chi connectivity index (χ4v) is 3.19. The summed E-state index contributed by atoms with van der Waals surface area (Å²) < 4.78 is 11.5. The van der Waals surface area contributed by atoms with E-state index < -0.39 is 0 Å². The number of hydrogen-bond donors (Lipinski definition) is 1. The van der Waals surface area contributed by atoms with Crippen LogP contribution in [0.5, 0.6) is 0 Å². The highest BCUT2D eigenvalue weighted by Crippen LogP contribution is 2.41. The second-order valence-electron chi connectivity index (χ2n) is 6.50. The average molecular weight is 295 g/mol. The summed E-state index contributed by atoms with van der Waals surface area (Å²) >= 11 is 0. The maximum atomic E-state index is 6.08. The van der Waals surface area contributed by atoms with E-state index in [9.17, 15) is 0 Å². The fourth-order valence-electron chi connectivity index (χ4n) is 3.19. The Labute approximate surface area is 127 Å². The molecule has 21 heavy (non-hydrogen) atoms. The number of ether oxygens (including phenoxy) is 1. The van der Waals surface area contributed by atoms with Crippen molar-refractivity contribution >= 4 is 0 Å². The lowest BCUT2D eigenvalue weighted by molar-refractivity contribution is -0.0891. The second-order valence-corrected chi connectivity index (χ2v) is 6.50. The van der Waals surface area contributed by atoms with Crippen molar-refractivity contribution in [2.24, 2.45) is 5.92 Å². The Morgan fingerprint density at radius 1 is 1.48 bits per heavy atom. The van der Waals surface area contributed by atoms with E-state index in [2.05, 4.69) is 36.2 Å². The second kappa shape index (κ2) is 7.36. The maximum Gasteiger partial charge on any atom is 0.228 e. The molecule has 0 aromatic carbocycles. The molecule has 1 aliphatic rings. The zero-order valence-corrected chi connectivity index (χ0v) is 13.8. The van der Waals surface area contributed by atoms with Gasteiger partial charge in [-0.1, -0.05) is 32.3 Å². The van der Waals surface area contributed by atoms with Gasteiger partial charge in [-0.25, -0.2) is 0 Å². The lowest BCUT2D eigenvalue weighted by Crippen LogP contribution is -2.36. The smallest absolute Gasteiger partial charge is 0.228 e. The standard InChI is InChI=1S/C16H29N3O2/c1-5-20-16(9-6-7-13(4)11-16)15-18-14(21-19-15)8-10-17-12(2)3/h12-13,17H,5-11H2,1-4H3. The molecular weight excluding hydrogens is 266 g/mol. The van der Waals surface area contributed by atoms with E-state index in [0.717, 1.165) is 31.6 Å². The Morgan fingerprint density at radius 2 is 2.29 bits per heavy atom. The normalized spacial score (nSPS) is 26.4. The Balaban J connectivity index is 2.05. The van der Waals surface area contributed by atoms with Crippen LogP contribution in [-0.4, -0.2) is 29.3 Å². The molecule has 5 heteroatoms. The zero-order chi connectivity index (χ0) is 15.3. The summed E-state index contributed by atoms with van der Waals surface area (Å²) in [5, 5.41) is 7.59. The number of hydrogen-bond acceptors (Lipinski definition) is 5. The molecule has 1 aromatic heterocycles. The van der Waals surface area contributed by atoms with Crippen molar-refractivity contribution in [3.8, 4) is 0 Å². The van der Waals surface area contributed by atoms with Crippen LogP contribution in [-0.2, 0) is 16.8 Å². The molecule has 120 valence electrons. The van der Waals surface area contributed by atoms with Crippen molar-refractivity contribution < 1.29 is 9.26 Å². The van der Waals surface area contributed by atoms with Crippen molar-refractivity contribution in [2.75, 3.05) is 13.2 Å². The topological polar surface area (TPSA) is 60.2 Å². The van der Waals surface area contributed by atoms with Crippen LogP contribution >= 0.6 is 0 Å². The van der Waals surface area contributed by atoms with Crippen LogP contribution in [0.25, 0.3) is 0 Å². The third-order valence-electron chi connectivity index (χ3n) is 4.14. The molecule has 2 unspecified atom stereocenters. The Hall–Kier alpha value is -0.940. The van der Waals surface area contributed by atoms with Crippen LogP contribution < -0.4 is 5.32 Å². The molecule has 0 radical (unpaired) electrons. The predicted molar refractivity (Wildman–Crippen MR) is 82.1 cm³/mol. The van der Waals surface area contributed by atoms with E-state index in [-0.39, 0.29) is 5.60 Å².